The van der Waals surface area contributed by atoms with Crippen molar-refractivity contribution in [2.75, 3.05) is 7.05 Å². The summed E-state index contributed by atoms with van der Waals surface area (Å²) in [4.78, 5) is 43.9. The predicted molar refractivity (Wildman–Crippen MR) is 133 cm³/mol. The molecule has 0 spiro atoms. The number of nitrogens with one attached hydrogen (secondary N) is 2. The molecule has 2 aromatic heterocycles. The zero-order chi connectivity index (χ0) is 26.6. The molecule has 192 valence electrons. The van der Waals surface area contributed by atoms with Gasteiger partial charge >= 0.3 is 5.69 Å². The monoisotopic (exact) mass is 525 g/mol. The minimum absolute atomic E-state index is 0.109. The molecule has 2 heterocycles. The van der Waals surface area contributed by atoms with E-state index in [0.29, 0.717) is 11.5 Å². The summed E-state index contributed by atoms with van der Waals surface area (Å²) in [7, 11) is -3.05. The van der Waals surface area contributed by atoms with Gasteiger partial charge in [0.05, 0.1) is 10.3 Å². The Kier molecular flexibility index (Phi) is 7.47. The molecular weight excluding hydrogens is 502 g/mol. The van der Waals surface area contributed by atoms with Gasteiger partial charge in [-0.25, -0.2) is 23.7 Å². The SMILES string of the molecule is CN(C(CCn1c(=O)[nH]c2ncccc2c1=O)C(=O)NO)S(=O)(=O)c1ccc(Oc2ccccc2)cc1. The number of H-pyrrole nitrogens is 1. The summed E-state index contributed by atoms with van der Waals surface area (Å²) in [5.74, 6) is -0.0477. The smallest absolute Gasteiger partial charge is 0.329 e. The summed E-state index contributed by atoms with van der Waals surface area (Å²) in [6.45, 7) is -0.305. The quantitative estimate of drug-likeness (QED) is 0.218. The van der Waals surface area contributed by atoms with Crippen LogP contribution in [0.3, 0.4) is 0 Å². The van der Waals surface area contributed by atoms with Crippen molar-refractivity contribution < 1.29 is 23.2 Å². The molecule has 4 aromatic rings. The van der Waals surface area contributed by atoms with Crippen molar-refractivity contribution in [1.29, 1.82) is 0 Å². The zero-order valence-electron chi connectivity index (χ0n) is 19.6. The number of carbonyl (C=O) groups is 1. The molecule has 4 rings (SSSR count). The third-order valence-corrected chi connectivity index (χ3v) is 7.59. The van der Waals surface area contributed by atoms with Crippen LogP contribution in [0.1, 0.15) is 6.42 Å². The van der Waals surface area contributed by atoms with Gasteiger partial charge in [-0.05, 0) is 55.0 Å². The van der Waals surface area contributed by atoms with Gasteiger partial charge in [0.25, 0.3) is 11.5 Å². The number of amides is 1. The average Bonchev–Trinajstić information content (AvgIpc) is 2.91. The number of rotatable bonds is 9. The average molecular weight is 526 g/mol. The van der Waals surface area contributed by atoms with E-state index >= 15 is 0 Å². The highest BCUT2D eigenvalue weighted by atomic mass is 32.2. The van der Waals surface area contributed by atoms with E-state index < -0.39 is 33.2 Å². The van der Waals surface area contributed by atoms with Gasteiger partial charge in [0.2, 0.25) is 10.0 Å². The van der Waals surface area contributed by atoms with Crippen molar-refractivity contribution in [3.8, 4) is 11.5 Å². The van der Waals surface area contributed by atoms with Crippen molar-refractivity contribution in [2.24, 2.45) is 0 Å². The maximum Gasteiger partial charge on any atom is 0.329 e. The Balaban J connectivity index is 1.57. The third-order valence-electron chi connectivity index (χ3n) is 5.71. The van der Waals surface area contributed by atoms with Crippen molar-refractivity contribution in [1.82, 2.24) is 24.3 Å². The van der Waals surface area contributed by atoms with Gasteiger partial charge in [0, 0.05) is 19.8 Å². The summed E-state index contributed by atoms with van der Waals surface area (Å²) < 4.78 is 33.8. The lowest BCUT2D eigenvalue weighted by atomic mass is 10.2. The van der Waals surface area contributed by atoms with Crippen LogP contribution < -0.4 is 21.5 Å². The summed E-state index contributed by atoms with van der Waals surface area (Å²) in [6, 6.07) is 16.1. The van der Waals surface area contributed by atoms with E-state index in [1.165, 1.54) is 55.1 Å². The van der Waals surface area contributed by atoms with Crippen LogP contribution in [0, 0.1) is 0 Å². The second kappa shape index (κ2) is 10.7. The van der Waals surface area contributed by atoms with E-state index in [-0.39, 0.29) is 28.9 Å². The topological polar surface area (TPSA) is 164 Å². The second-order valence-electron chi connectivity index (χ2n) is 7.97. The molecule has 0 bridgehead atoms. The van der Waals surface area contributed by atoms with Crippen LogP contribution in [0.5, 0.6) is 11.5 Å². The zero-order valence-corrected chi connectivity index (χ0v) is 20.4. The highest BCUT2D eigenvalue weighted by molar-refractivity contribution is 7.89. The number of hydroxylamine groups is 1. The summed E-state index contributed by atoms with van der Waals surface area (Å²) in [5, 5.41) is 9.39. The lowest BCUT2D eigenvalue weighted by molar-refractivity contribution is -0.133. The Morgan fingerprint density at radius 2 is 1.76 bits per heavy atom. The third kappa shape index (κ3) is 5.43. The van der Waals surface area contributed by atoms with Crippen molar-refractivity contribution in [3.63, 3.8) is 0 Å². The second-order valence-corrected chi connectivity index (χ2v) is 9.97. The lowest BCUT2D eigenvalue weighted by Gasteiger charge is -2.26. The minimum Gasteiger partial charge on any atom is -0.457 e. The number of fused-ring (bicyclic) bond motifs is 1. The molecule has 3 N–H and O–H groups in total. The number of aromatic nitrogens is 3. The Labute approximate surface area is 210 Å². The number of ether oxygens (including phenoxy) is 1. The summed E-state index contributed by atoms with van der Waals surface area (Å²) >= 11 is 0. The highest BCUT2D eigenvalue weighted by Crippen LogP contribution is 2.25. The number of nitrogens with zero attached hydrogens (tertiary/aromatic N) is 3. The number of likely N-dealkylation sites (N-methyl/N-ethyl adjacent to an activating group) is 1. The highest BCUT2D eigenvalue weighted by Gasteiger charge is 2.33. The standard InChI is InChI=1S/C24H23N5O7S/c1-28(37(34,35)18-11-9-17(10-12-18)36-16-6-3-2-4-7-16)20(22(30)27-33)13-15-29-23(31)19-8-5-14-25-21(19)26-24(29)32/h2-12,14,20,33H,13,15H2,1H3,(H,27,30)(H,25,26,32). The van der Waals surface area contributed by atoms with E-state index in [1.807, 2.05) is 6.07 Å². The van der Waals surface area contributed by atoms with E-state index in [1.54, 1.807) is 24.3 Å². The van der Waals surface area contributed by atoms with Crippen LogP contribution in [-0.4, -0.2) is 51.5 Å². The molecule has 0 aliphatic heterocycles. The fourth-order valence-corrected chi connectivity index (χ4v) is 5.08. The number of hydrogen-bond acceptors (Lipinski definition) is 8. The van der Waals surface area contributed by atoms with Gasteiger partial charge in [0.15, 0.2) is 0 Å². The fraction of sp³-hybridized carbons (Fsp3) is 0.167. The molecule has 1 amide bonds. The van der Waals surface area contributed by atoms with Gasteiger partial charge in [-0.15, -0.1) is 0 Å². The molecule has 2 aromatic carbocycles. The van der Waals surface area contributed by atoms with Crippen LogP contribution in [0.4, 0.5) is 0 Å². The number of carbonyl (C=O) groups excluding carboxylic acids is 1. The molecule has 0 saturated heterocycles. The Morgan fingerprint density at radius 1 is 1.08 bits per heavy atom. The number of hydrogen-bond donors (Lipinski definition) is 3. The van der Waals surface area contributed by atoms with E-state index in [2.05, 4.69) is 9.97 Å². The van der Waals surface area contributed by atoms with E-state index in [9.17, 15) is 28.0 Å². The fourth-order valence-electron chi connectivity index (χ4n) is 3.73. The molecule has 0 saturated carbocycles. The first-order valence-corrected chi connectivity index (χ1v) is 12.5. The maximum absolute atomic E-state index is 13.3. The first-order chi connectivity index (χ1) is 17.7. The Morgan fingerprint density at radius 3 is 2.43 bits per heavy atom. The molecule has 0 aliphatic rings. The van der Waals surface area contributed by atoms with Crippen molar-refractivity contribution in [2.45, 2.75) is 23.9 Å². The molecular formula is C24H23N5O7S. The molecule has 0 radical (unpaired) electrons. The molecule has 1 atom stereocenters. The van der Waals surface area contributed by atoms with Gasteiger partial charge in [-0.1, -0.05) is 18.2 Å². The number of sulfonamides is 1. The number of pyridine rings is 1. The molecule has 37 heavy (non-hydrogen) atoms. The number of para-hydroxylation sites is 1. The normalized spacial score (nSPS) is 12.4. The van der Waals surface area contributed by atoms with Gasteiger partial charge in [-0.3, -0.25) is 24.3 Å². The largest absolute Gasteiger partial charge is 0.457 e. The molecule has 12 nitrogen and oxygen atoms in total. The van der Waals surface area contributed by atoms with Crippen LogP contribution in [0.2, 0.25) is 0 Å². The van der Waals surface area contributed by atoms with Crippen LogP contribution in [-0.2, 0) is 21.4 Å². The van der Waals surface area contributed by atoms with Crippen LogP contribution in [0.25, 0.3) is 11.0 Å². The number of benzene rings is 2. The maximum atomic E-state index is 13.3. The van der Waals surface area contributed by atoms with Gasteiger partial charge in [-0.2, -0.15) is 4.31 Å². The molecule has 1 unspecified atom stereocenters. The molecule has 0 fully saturated rings. The van der Waals surface area contributed by atoms with E-state index in [0.717, 1.165) is 8.87 Å². The molecule has 13 heteroatoms. The number of aromatic amines is 1. The summed E-state index contributed by atoms with van der Waals surface area (Å²) in [6.07, 6.45) is 1.13. The lowest BCUT2D eigenvalue weighted by Crippen LogP contribution is -2.48. The Bertz CT molecular complexity index is 1630. The Hall–Kier alpha value is -4.33. The predicted octanol–water partition coefficient (Wildman–Crippen LogP) is 1.46. The minimum atomic E-state index is -4.22. The van der Waals surface area contributed by atoms with Crippen molar-refractivity contribution in [3.05, 3.63) is 93.8 Å². The van der Waals surface area contributed by atoms with Gasteiger partial charge in [0.1, 0.15) is 23.2 Å². The first kappa shape index (κ1) is 25.8. The summed E-state index contributed by atoms with van der Waals surface area (Å²) in [5.41, 5.74) is 0.153. The van der Waals surface area contributed by atoms with Crippen LogP contribution >= 0.6 is 0 Å². The van der Waals surface area contributed by atoms with Crippen molar-refractivity contribution >= 4 is 27.0 Å². The van der Waals surface area contributed by atoms with Crippen LogP contribution in [0.15, 0.2) is 87.4 Å². The molecule has 0 aliphatic carbocycles. The van der Waals surface area contributed by atoms with E-state index in [4.69, 9.17) is 4.74 Å². The first-order valence-electron chi connectivity index (χ1n) is 11.0. The van der Waals surface area contributed by atoms with Gasteiger partial charge < -0.3 is 4.74 Å².